The average Bonchev–Trinajstić information content (AvgIpc) is 2.96. The van der Waals surface area contributed by atoms with Crippen LogP contribution in [0, 0.1) is 0 Å². The molecule has 4 nitrogen and oxygen atoms in total. The van der Waals surface area contributed by atoms with Gasteiger partial charge in [0.05, 0.1) is 11.8 Å². The molecule has 0 aliphatic rings. The van der Waals surface area contributed by atoms with Crippen molar-refractivity contribution in [1.29, 1.82) is 0 Å². The summed E-state index contributed by atoms with van der Waals surface area (Å²) in [4.78, 5) is 10.4. The maximum Gasteiger partial charge on any atom is 0.251 e. The van der Waals surface area contributed by atoms with Crippen molar-refractivity contribution in [1.82, 2.24) is 9.78 Å². The molecule has 0 aliphatic carbocycles. The van der Waals surface area contributed by atoms with E-state index in [0.29, 0.717) is 5.56 Å². The molecular weight excluding hydrogens is 298 g/mol. The summed E-state index contributed by atoms with van der Waals surface area (Å²) >= 11 is 5.80. The van der Waals surface area contributed by atoms with Gasteiger partial charge in [-0.2, -0.15) is 5.10 Å². The van der Waals surface area contributed by atoms with Crippen LogP contribution in [0.4, 0.5) is 0 Å². The average molecular weight is 314 g/mol. The SMILES string of the molecule is Clc1ccc(-c2ccccc2)cc1.Cn1cc(C(N)=O)cn1. The molecule has 0 aliphatic heterocycles. The van der Waals surface area contributed by atoms with Gasteiger partial charge in [0.1, 0.15) is 0 Å². The molecule has 0 radical (unpaired) electrons. The van der Waals surface area contributed by atoms with Gasteiger partial charge in [0.2, 0.25) is 0 Å². The Morgan fingerprint density at radius 2 is 1.64 bits per heavy atom. The second-order valence-electron chi connectivity index (χ2n) is 4.64. The number of hydrogen-bond donors (Lipinski definition) is 1. The van der Waals surface area contributed by atoms with Crippen molar-refractivity contribution >= 4 is 17.5 Å². The summed E-state index contributed by atoms with van der Waals surface area (Å²) in [5.74, 6) is -0.442. The fraction of sp³-hybridized carbons (Fsp3) is 0.0588. The molecule has 0 saturated carbocycles. The molecule has 3 aromatic rings. The molecule has 1 heterocycles. The smallest absolute Gasteiger partial charge is 0.251 e. The largest absolute Gasteiger partial charge is 0.366 e. The van der Waals surface area contributed by atoms with Crippen LogP contribution in [-0.2, 0) is 7.05 Å². The highest BCUT2D eigenvalue weighted by atomic mass is 35.5. The lowest BCUT2D eigenvalue weighted by Gasteiger charge is -2.00. The number of benzene rings is 2. The van der Waals surface area contributed by atoms with Gasteiger partial charge in [0, 0.05) is 18.3 Å². The Bertz CT molecular complexity index is 736. The lowest BCUT2D eigenvalue weighted by molar-refractivity contribution is 0.1000. The van der Waals surface area contributed by atoms with Gasteiger partial charge in [-0.1, -0.05) is 54.1 Å². The zero-order valence-electron chi connectivity index (χ0n) is 12.1. The number of amides is 1. The number of nitrogens with zero attached hydrogens (tertiary/aromatic N) is 2. The summed E-state index contributed by atoms with van der Waals surface area (Å²) in [6, 6.07) is 18.1. The van der Waals surface area contributed by atoms with Gasteiger partial charge in [-0.15, -0.1) is 0 Å². The van der Waals surface area contributed by atoms with Crippen LogP contribution in [-0.4, -0.2) is 15.7 Å². The standard InChI is InChI=1S/C12H9Cl.C5H7N3O/c13-12-8-6-11(7-9-12)10-4-2-1-3-5-10;1-8-3-4(2-7-8)5(6)9/h1-9H;2-3H,1H3,(H2,6,9). The predicted molar refractivity (Wildman–Crippen MR) is 88.6 cm³/mol. The first-order chi connectivity index (χ1) is 10.6. The number of rotatable bonds is 2. The molecule has 1 aromatic heterocycles. The molecule has 22 heavy (non-hydrogen) atoms. The summed E-state index contributed by atoms with van der Waals surface area (Å²) < 4.78 is 1.53. The maximum absolute atomic E-state index is 10.4. The summed E-state index contributed by atoms with van der Waals surface area (Å²) in [6.07, 6.45) is 3.00. The number of hydrogen-bond acceptors (Lipinski definition) is 2. The van der Waals surface area contributed by atoms with Gasteiger partial charge >= 0.3 is 0 Å². The summed E-state index contributed by atoms with van der Waals surface area (Å²) in [5.41, 5.74) is 7.80. The van der Waals surface area contributed by atoms with Crippen LogP contribution >= 0.6 is 11.6 Å². The minimum Gasteiger partial charge on any atom is -0.366 e. The third-order valence-corrected chi connectivity index (χ3v) is 3.19. The van der Waals surface area contributed by atoms with E-state index in [1.54, 1.807) is 13.2 Å². The minimum atomic E-state index is -0.442. The molecule has 0 unspecified atom stereocenters. The van der Waals surface area contributed by atoms with E-state index in [4.69, 9.17) is 17.3 Å². The van der Waals surface area contributed by atoms with Crippen LogP contribution in [0.5, 0.6) is 0 Å². The molecule has 0 fully saturated rings. The highest BCUT2D eigenvalue weighted by Gasteiger charge is 1.99. The van der Waals surface area contributed by atoms with Gasteiger partial charge in [0.15, 0.2) is 0 Å². The molecule has 3 rings (SSSR count). The van der Waals surface area contributed by atoms with E-state index in [2.05, 4.69) is 17.2 Å². The second kappa shape index (κ2) is 7.43. The number of primary amides is 1. The highest BCUT2D eigenvalue weighted by molar-refractivity contribution is 6.30. The molecule has 0 bridgehead atoms. The van der Waals surface area contributed by atoms with Crippen molar-refractivity contribution < 1.29 is 4.79 Å². The predicted octanol–water partition coefficient (Wildman–Crippen LogP) is 3.53. The van der Waals surface area contributed by atoms with Crippen LogP contribution in [0.1, 0.15) is 10.4 Å². The van der Waals surface area contributed by atoms with E-state index < -0.39 is 5.91 Å². The minimum absolute atomic E-state index is 0.442. The molecule has 0 saturated heterocycles. The topological polar surface area (TPSA) is 60.9 Å². The second-order valence-corrected chi connectivity index (χ2v) is 5.08. The number of aromatic nitrogens is 2. The maximum atomic E-state index is 10.4. The first kappa shape index (κ1) is 15.8. The van der Waals surface area contributed by atoms with E-state index in [-0.39, 0.29) is 0 Å². The van der Waals surface area contributed by atoms with Gasteiger partial charge in [0.25, 0.3) is 5.91 Å². The van der Waals surface area contributed by atoms with E-state index in [1.165, 1.54) is 22.0 Å². The van der Waals surface area contributed by atoms with Crippen LogP contribution in [0.15, 0.2) is 67.0 Å². The van der Waals surface area contributed by atoms with Gasteiger partial charge < -0.3 is 5.73 Å². The fourth-order valence-corrected chi connectivity index (χ4v) is 1.95. The van der Waals surface area contributed by atoms with Gasteiger partial charge in [-0.05, 0) is 23.3 Å². The first-order valence-electron chi connectivity index (χ1n) is 6.65. The van der Waals surface area contributed by atoms with E-state index >= 15 is 0 Å². The quantitative estimate of drug-likeness (QED) is 0.786. The van der Waals surface area contributed by atoms with E-state index in [9.17, 15) is 4.79 Å². The lowest BCUT2D eigenvalue weighted by Crippen LogP contribution is -2.09. The van der Waals surface area contributed by atoms with Crippen molar-refractivity contribution in [3.63, 3.8) is 0 Å². The Morgan fingerprint density at radius 1 is 1.05 bits per heavy atom. The number of carbonyl (C=O) groups is 1. The van der Waals surface area contributed by atoms with Crippen molar-refractivity contribution in [2.75, 3.05) is 0 Å². The molecule has 1 amide bonds. The van der Waals surface area contributed by atoms with Crippen LogP contribution in [0.3, 0.4) is 0 Å². The molecule has 5 heteroatoms. The molecule has 0 spiro atoms. The Balaban J connectivity index is 0.000000172. The number of halogens is 1. The molecule has 0 atom stereocenters. The monoisotopic (exact) mass is 313 g/mol. The third kappa shape index (κ3) is 4.46. The van der Waals surface area contributed by atoms with Crippen molar-refractivity contribution in [3.8, 4) is 11.1 Å². The summed E-state index contributed by atoms with van der Waals surface area (Å²) in [7, 11) is 1.73. The van der Waals surface area contributed by atoms with Crippen molar-refractivity contribution in [3.05, 3.63) is 77.6 Å². The Morgan fingerprint density at radius 3 is 2.09 bits per heavy atom. The molecule has 2 aromatic carbocycles. The summed E-state index contributed by atoms with van der Waals surface area (Å²) in [6.45, 7) is 0. The first-order valence-corrected chi connectivity index (χ1v) is 7.03. The number of aryl methyl sites for hydroxylation is 1. The third-order valence-electron chi connectivity index (χ3n) is 2.94. The van der Waals surface area contributed by atoms with E-state index in [0.717, 1.165) is 5.02 Å². The van der Waals surface area contributed by atoms with Gasteiger partial charge in [-0.25, -0.2) is 0 Å². The highest BCUT2D eigenvalue weighted by Crippen LogP contribution is 2.20. The molecular formula is C17H16ClN3O. The Hall–Kier alpha value is -2.59. The molecule has 2 N–H and O–H groups in total. The normalized spacial score (nSPS) is 9.73. The van der Waals surface area contributed by atoms with Crippen molar-refractivity contribution in [2.45, 2.75) is 0 Å². The zero-order valence-corrected chi connectivity index (χ0v) is 12.9. The number of carbonyl (C=O) groups excluding carboxylic acids is 1. The molecule has 112 valence electrons. The fourth-order valence-electron chi connectivity index (χ4n) is 1.82. The Labute approximate surface area is 134 Å². The van der Waals surface area contributed by atoms with Crippen LogP contribution in [0.25, 0.3) is 11.1 Å². The summed E-state index contributed by atoms with van der Waals surface area (Å²) in [5, 5.41) is 4.53. The van der Waals surface area contributed by atoms with Crippen molar-refractivity contribution in [2.24, 2.45) is 12.8 Å². The van der Waals surface area contributed by atoms with E-state index in [1.807, 2.05) is 42.5 Å². The number of nitrogens with two attached hydrogens (primary N) is 1. The lowest BCUT2D eigenvalue weighted by atomic mass is 10.1. The van der Waals surface area contributed by atoms with Crippen LogP contribution < -0.4 is 5.73 Å². The van der Waals surface area contributed by atoms with Gasteiger partial charge in [-0.3, -0.25) is 9.48 Å². The van der Waals surface area contributed by atoms with Crippen LogP contribution in [0.2, 0.25) is 5.02 Å². The zero-order chi connectivity index (χ0) is 15.9. The Kier molecular flexibility index (Phi) is 5.33.